The maximum absolute atomic E-state index is 13.1. The van der Waals surface area contributed by atoms with Gasteiger partial charge in [-0.1, -0.05) is 30.3 Å². The predicted molar refractivity (Wildman–Crippen MR) is 99.3 cm³/mol. The molecule has 0 radical (unpaired) electrons. The van der Waals surface area contributed by atoms with Crippen molar-refractivity contribution in [2.24, 2.45) is 5.41 Å². The second-order valence-electron chi connectivity index (χ2n) is 7.57. The average Bonchev–Trinajstić information content (AvgIpc) is 3.09. The van der Waals surface area contributed by atoms with Crippen molar-refractivity contribution in [1.82, 2.24) is 9.80 Å². The van der Waals surface area contributed by atoms with Crippen LogP contribution in [0.1, 0.15) is 24.8 Å². The maximum Gasteiger partial charge on any atom is 0.232 e. The van der Waals surface area contributed by atoms with Crippen LogP contribution < -0.4 is 0 Å². The van der Waals surface area contributed by atoms with E-state index in [1.165, 1.54) is 0 Å². The van der Waals surface area contributed by atoms with E-state index in [1.807, 2.05) is 35.2 Å². The Bertz CT molecular complexity index is 764. The van der Waals surface area contributed by atoms with Gasteiger partial charge < -0.3 is 9.80 Å². The summed E-state index contributed by atoms with van der Waals surface area (Å²) in [4.78, 5) is 29.0. The van der Waals surface area contributed by atoms with Crippen molar-refractivity contribution in [3.8, 4) is 0 Å². The van der Waals surface area contributed by atoms with Gasteiger partial charge in [0.1, 0.15) is 9.84 Å². The van der Waals surface area contributed by atoms with Crippen molar-refractivity contribution in [3.05, 3.63) is 35.9 Å². The number of sulfone groups is 1. The first kappa shape index (κ1) is 18.9. The molecule has 6 nitrogen and oxygen atoms in total. The van der Waals surface area contributed by atoms with Crippen molar-refractivity contribution in [3.63, 3.8) is 0 Å². The lowest BCUT2D eigenvalue weighted by atomic mass is 9.73. The molecule has 0 spiro atoms. The summed E-state index contributed by atoms with van der Waals surface area (Å²) in [6.07, 6.45) is 3.79. The second-order valence-corrected chi connectivity index (χ2v) is 9.83. The molecule has 2 amide bonds. The van der Waals surface area contributed by atoms with Crippen molar-refractivity contribution < 1.29 is 18.0 Å². The van der Waals surface area contributed by atoms with Gasteiger partial charge >= 0.3 is 0 Å². The maximum atomic E-state index is 13.1. The Hall–Kier alpha value is -1.89. The molecular formula is C19H26N2O4S. The normalized spacial score (nSPS) is 19.3. The molecule has 2 aliphatic rings. The predicted octanol–water partition coefficient (Wildman–Crippen LogP) is 1.11. The Morgan fingerprint density at radius 1 is 1.04 bits per heavy atom. The van der Waals surface area contributed by atoms with Gasteiger partial charge in [-0.2, -0.15) is 0 Å². The SMILES string of the molecule is CS(=O)(=O)CCC(=O)N1CC(Cc2ccccc2)(C(=O)N2CCCC2)C1. The van der Waals surface area contributed by atoms with E-state index in [0.717, 1.165) is 37.8 Å². The lowest BCUT2D eigenvalue weighted by Gasteiger charge is -2.50. The summed E-state index contributed by atoms with van der Waals surface area (Å²) in [5, 5.41) is 0. The van der Waals surface area contributed by atoms with Crippen LogP contribution in [-0.2, 0) is 25.8 Å². The molecule has 0 bridgehead atoms. The highest BCUT2D eigenvalue weighted by atomic mass is 32.2. The highest BCUT2D eigenvalue weighted by Crippen LogP contribution is 2.37. The molecule has 0 aliphatic carbocycles. The van der Waals surface area contributed by atoms with Crippen LogP contribution in [0.4, 0.5) is 0 Å². The molecule has 142 valence electrons. The Morgan fingerprint density at radius 2 is 1.65 bits per heavy atom. The van der Waals surface area contributed by atoms with E-state index in [1.54, 1.807) is 4.90 Å². The van der Waals surface area contributed by atoms with E-state index in [0.29, 0.717) is 19.5 Å². The minimum atomic E-state index is -3.17. The van der Waals surface area contributed by atoms with Crippen LogP contribution >= 0.6 is 0 Å². The molecular weight excluding hydrogens is 352 g/mol. The number of benzene rings is 1. The summed E-state index contributed by atoms with van der Waals surface area (Å²) in [5.74, 6) is -0.201. The van der Waals surface area contributed by atoms with Gasteiger partial charge in [0, 0.05) is 38.9 Å². The molecule has 26 heavy (non-hydrogen) atoms. The minimum absolute atomic E-state index is 0.0157. The Morgan fingerprint density at radius 3 is 2.23 bits per heavy atom. The van der Waals surface area contributed by atoms with Gasteiger partial charge in [0.15, 0.2) is 0 Å². The van der Waals surface area contributed by atoms with Gasteiger partial charge in [0.25, 0.3) is 0 Å². The van der Waals surface area contributed by atoms with Crippen LogP contribution in [-0.4, -0.2) is 68.2 Å². The molecule has 0 aromatic heterocycles. The number of nitrogens with zero attached hydrogens (tertiary/aromatic N) is 2. The summed E-state index contributed by atoms with van der Waals surface area (Å²) in [5.41, 5.74) is 0.509. The highest BCUT2D eigenvalue weighted by molar-refractivity contribution is 7.90. The van der Waals surface area contributed by atoms with Crippen LogP contribution in [0, 0.1) is 5.41 Å². The molecule has 0 saturated carbocycles. The molecule has 0 N–H and O–H groups in total. The Kier molecular flexibility index (Phi) is 5.37. The topological polar surface area (TPSA) is 74.8 Å². The largest absolute Gasteiger partial charge is 0.342 e. The van der Waals surface area contributed by atoms with E-state index >= 15 is 0 Å². The Balaban J connectivity index is 1.70. The molecule has 2 heterocycles. The number of carbonyl (C=O) groups is 2. The molecule has 7 heteroatoms. The number of amides is 2. The smallest absolute Gasteiger partial charge is 0.232 e. The molecule has 0 unspecified atom stereocenters. The second kappa shape index (κ2) is 7.39. The van der Waals surface area contributed by atoms with Crippen LogP contribution in [0.3, 0.4) is 0 Å². The van der Waals surface area contributed by atoms with Gasteiger partial charge in [-0.25, -0.2) is 8.42 Å². The first-order valence-electron chi connectivity index (χ1n) is 9.08. The van der Waals surface area contributed by atoms with Crippen molar-refractivity contribution in [1.29, 1.82) is 0 Å². The minimum Gasteiger partial charge on any atom is -0.342 e. The van der Waals surface area contributed by atoms with Gasteiger partial charge in [-0.15, -0.1) is 0 Å². The number of hydrogen-bond donors (Lipinski definition) is 0. The summed E-state index contributed by atoms with van der Waals surface area (Å²) in [6, 6.07) is 9.87. The van der Waals surface area contributed by atoms with Gasteiger partial charge in [0.05, 0.1) is 11.2 Å². The number of rotatable bonds is 6. The standard InChI is InChI=1S/C19H26N2O4S/c1-26(24,25)12-9-17(22)21-14-19(15-21,13-16-7-3-2-4-8-16)18(23)20-10-5-6-11-20/h2-4,7-8H,5-6,9-15H2,1H3. The summed E-state index contributed by atoms with van der Waals surface area (Å²) >= 11 is 0. The zero-order valence-electron chi connectivity index (χ0n) is 15.2. The monoisotopic (exact) mass is 378 g/mol. The van der Waals surface area contributed by atoms with Crippen molar-refractivity contribution in [2.75, 3.05) is 38.2 Å². The molecule has 2 fully saturated rings. The number of likely N-dealkylation sites (tertiary alicyclic amines) is 2. The fraction of sp³-hybridized carbons (Fsp3) is 0.579. The molecule has 0 atom stereocenters. The first-order chi connectivity index (χ1) is 12.3. The summed E-state index contributed by atoms with van der Waals surface area (Å²) in [6.45, 7) is 2.33. The van der Waals surface area contributed by atoms with Crippen molar-refractivity contribution in [2.45, 2.75) is 25.7 Å². The van der Waals surface area contributed by atoms with E-state index < -0.39 is 15.3 Å². The van der Waals surface area contributed by atoms with Gasteiger partial charge in [-0.05, 0) is 24.8 Å². The van der Waals surface area contributed by atoms with Crippen LogP contribution in [0.2, 0.25) is 0 Å². The number of carbonyl (C=O) groups excluding carboxylic acids is 2. The zero-order valence-corrected chi connectivity index (χ0v) is 16.0. The zero-order chi connectivity index (χ0) is 18.8. The lowest BCUT2D eigenvalue weighted by molar-refractivity contribution is -0.159. The van der Waals surface area contributed by atoms with Crippen LogP contribution in [0.5, 0.6) is 0 Å². The van der Waals surface area contributed by atoms with Gasteiger partial charge in [0.2, 0.25) is 11.8 Å². The van der Waals surface area contributed by atoms with Gasteiger partial charge in [-0.3, -0.25) is 9.59 Å². The van der Waals surface area contributed by atoms with Crippen LogP contribution in [0.15, 0.2) is 30.3 Å². The first-order valence-corrected chi connectivity index (χ1v) is 11.1. The van der Waals surface area contributed by atoms with E-state index in [-0.39, 0.29) is 24.0 Å². The van der Waals surface area contributed by atoms with E-state index in [9.17, 15) is 18.0 Å². The molecule has 2 saturated heterocycles. The average molecular weight is 378 g/mol. The summed E-state index contributed by atoms with van der Waals surface area (Å²) in [7, 11) is -3.17. The Labute approximate surface area is 155 Å². The third kappa shape index (κ3) is 4.26. The molecule has 3 rings (SSSR count). The third-order valence-electron chi connectivity index (χ3n) is 5.26. The van der Waals surface area contributed by atoms with Crippen LogP contribution in [0.25, 0.3) is 0 Å². The lowest BCUT2D eigenvalue weighted by Crippen LogP contribution is -2.65. The number of hydrogen-bond acceptors (Lipinski definition) is 4. The highest BCUT2D eigenvalue weighted by Gasteiger charge is 2.52. The summed E-state index contributed by atoms with van der Waals surface area (Å²) < 4.78 is 22.6. The van der Waals surface area contributed by atoms with E-state index in [2.05, 4.69) is 0 Å². The molecule has 2 aliphatic heterocycles. The third-order valence-corrected chi connectivity index (χ3v) is 6.20. The fourth-order valence-corrected chi connectivity index (χ4v) is 4.40. The molecule has 1 aromatic carbocycles. The van der Waals surface area contributed by atoms with E-state index in [4.69, 9.17) is 0 Å². The quantitative estimate of drug-likeness (QED) is 0.743. The fourth-order valence-electron chi connectivity index (χ4n) is 3.86. The van der Waals surface area contributed by atoms with Crippen molar-refractivity contribution >= 4 is 21.7 Å². The molecule has 1 aromatic rings.